The van der Waals surface area contributed by atoms with E-state index in [1.165, 1.54) is 11.3 Å². The minimum Gasteiger partial charge on any atom is -0.347 e. The lowest BCUT2D eigenvalue weighted by atomic mass is 9.93. The molecular weight excluding hydrogens is 274 g/mol. The largest absolute Gasteiger partial charge is 0.347 e. The molecule has 20 heavy (non-hydrogen) atoms. The van der Waals surface area contributed by atoms with Crippen LogP contribution >= 0.6 is 11.3 Å². The van der Waals surface area contributed by atoms with Crippen LogP contribution in [0.5, 0.6) is 0 Å². The Morgan fingerprint density at radius 2 is 2.00 bits per heavy atom. The van der Waals surface area contributed by atoms with Gasteiger partial charge in [0.2, 0.25) is 16.0 Å². The first kappa shape index (κ1) is 14.8. The highest BCUT2D eigenvalue weighted by molar-refractivity contribution is 7.20. The maximum Gasteiger partial charge on any atom is 0.241 e. The first-order valence-electron chi connectivity index (χ1n) is 6.46. The number of anilines is 1. The Bertz CT molecular complexity index is 591. The van der Waals surface area contributed by atoms with Crippen molar-refractivity contribution in [2.45, 2.75) is 26.2 Å². The fourth-order valence-corrected chi connectivity index (χ4v) is 2.46. The van der Waals surface area contributed by atoms with Gasteiger partial charge in [0.25, 0.3) is 0 Å². The summed E-state index contributed by atoms with van der Waals surface area (Å²) in [5, 5.41) is 5.28. The zero-order chi connectivity index (χ0) is 15.1. The molecule has 1 amide bonds. The molecule has 0 radical (unpaired) electrons. The summed E-state index contributed by atoms with van der Waals surface area (Å²) in [6, 6.07) is 0. The third kappa shape index (κ3) is 2.92. The van der Waals surface area contributed by atoms with Crippen LogP contribution < -0.4 is 4.90 Å². The van der Waals surface area contributed by atoms with Crippen LogP contribution in [0.3, 0.4) is 0 Å². The Kier molecular flexibility index (Phi) is 3.73. The lowest BCUT2D eigenvalue weighted by Gasteiger charge is -2.17. The predicted octanol–water partition coefficient (Wildman–Crippen LogP) is 1.61. The lowest BCUT2D eigenvalue weighted by molar-refractivity contribution is -0.127. The fourth-order valence-electron chi connectivity index (χ4n) is 1.62. The number of fused-ring (bicyclic) bond motifs is 1. The molecule has 2 aromatic rings. The molecule has 0 saturated heterocycles. The van der Waals surface area contributed by atoms with E-state index in [9.17, 15) is 4.79 Å². The second kappa shape index (κ2) is 5.05. The van der Waals surface area contributed by atoms with Gasteiger partial charge in [0, 0.05) is 26.6 Å². The van der Waals surface area contributed by atoms with Crippen molar-refractivity contribution in [2.24, 2.45) is 0 Å². The molecule has 0 unspecified atom stereocenters. The van der Waals surface area contributed by atoms with Crippen molar-refractivity contribution in [2.75, 3.05) is 32.6 Å². The van der Waals surface area contributed by atoms with E-state index in [1.54, 1.807) is 23.5 Å². The average Bonchev–Trinajstić information content (AvgIpc) is 2.84. The van der Waals surface area contributed by atoms with E-state index in [-0.39, 0.29) is 11.3 Å². The van der Waals surface area contributed by atoms with Crippen LogP contribution in [0.4, 0.5) is 5.13 Å². The molecule has 0 aliphatic rings. The van der Waals surface area contributed by atoms with E-state index < -0.39 is 0 Å². The zero-order valence-corrected chi connectivity index (χ0v) is 13.7. The number of imidazole rings is 1. The highest BCUT2D eigenvalue weighted by Crippen LogP contribution is 2.26. The summed E-state index contributed by atoms with van der Waals surface area (Å²) in [5.74, 6) is 0.0516. The van der Waals surface area contributed by atoms with Crippen LogP contribution in [0.1, 0.15) is 26.5 Å². The SMILES string of the molecule is CN(C)C(=O)CN(C)c1nn2cc(C(C)(C)C)nc2s1. The molecule has 7 heteroatoms. The van der Waals surface area contributed by atoms with Gasteiger partial charge in [0.05, 0.1) is 18.4 Å². The summed E-state index contributed by atoms with van der Waals surface area (Å²) in [5.41, 5.74) is 1.04. The van der Waals surface area contributed by atoms with E-state index in [4.69, 9.17) is 0 Å². The molecule has 0 bridgehead atoms. The van der Waals surface area contributed by atoms with Crippen LogP contribution in [-0.4, -0.2) is 53.1 Å². The monoisotopic (exact) mass is 295 g/mol. The highest BCUT2D eigenvalue weighted by atomic mass is 32.1. The summed E-state index contributed by atoms with van der Waals surface area (Å²) < 4.78 is 1.79. The fraction of sp³-hybridized carbons (Fsp3) is 0.615. The quantitative estimate of drug-likeness (QED) is 0.863. The van der Waals surface area contributed by atoms with E-state index in [1.807, 2.05) is 18.1 Å². The normalized spacial score (nSPS) is 11.9. The third-order valence-electron chi connectivity index (χ3n) is 3.00. The molecule has 0 N–H and O–H groups in total. The van der Waals surface area contributed by atoms with Crippen LogP contribution in [0.2, 0.25) is 0 Å². The summed E-state index contributed by atoms with van der Waals surface area (Å²) in [6.07, 6.45) is 1.96. The number of hydrogen-bond donors (Lipinski definition) is 0. The van der Waals surface area contributed by atoms with Gasteiger partial charge in [-0.15, -0.1) is 5.10 Å². The Morgan fingerprint density at radius 1 is 1.35 bits per heavy atom. The van der Waals surface area contributed by atoms with Gasteiger partial charge in [-0.1, -0.05) is 32.1 Å². The van der Waals surface area contributed by atoms with Gasteiger partial charge in [-0.05, 0) is 0 Å². The molecule has 0 fully saturated rings. The number of carbonyl (C=O) groups is 1. The maximum atomic E-state index is 11.7. The van der Waals surface area contributed by atoms with Gasteiger partial charge in [-0.3, -0.25) is 4.79 Å². The first-order valence-corrected chi connectivity index (χ1v) is 7.28. The van der Waals surface area contributed by atoms with Gasteiger partial charge in [0.1, 0.15) is 0 Å². The molecule has 2 heterocycles. The van der Waals surface area contributed by atoms with Gasteiger partial charge in [-0.2, -0.15) is 0 Å². The minimum absolute atomic E-state index is 0.0143. The number of rotatable bonds is 3. The Labute approximate surface area is 123 Å². The van der Waals surface area contributed by atoms with Gasteiger partial charge in [-0.25, -0.2) is 9.50 Å². The molecule has 0 aliphatic carbocycles. The first-order chi connectivity index (χ1) is 9.18. The Balaban J connectivity index is 2.20. The number of aromatic nitrogens is 3. The molecule has 2 aromatic heterocycles. The number of hydrogen-bond acceptors (Lipinski definition) is 5. The standard InChI is InChI=1S/C13H21N5OS/c1-13(2,3)9-7-18-11(14-9)20-12(15-18)17(6)8-10(19)16(4)5/h7H,8H2,1-6H3. The number of likely N-dealkylation sites (N-methyl/N-ethyl adjacent to an activating group) is 2. The van der Waals surface area contributed by atoms with Gasteiger partial charge in [0.15, 0.2) is 0 Å². The summed E-state index contributed by atoms with van der Waals surface area (Å²) in [7, 11) is 5.37. The Morgan fingerprint density at radius 3 is 2.50 bits per heavy atom. The predicted molar refractivity (Wildman–Crippen MR) is 81.5 cm³/mol. The van der Waals surface area contributed by atoms with Crippen molar-refractivity contribution in [1.82, 2.24) is 19.5 Å². The van der Waals surface area contributed by atoms with Gasteiger partial charge < -0.3 is 9.80 Å². The smallest absolute Gasteiger partial charge is 0.241 e. The average molecular weight is 295 g/mol. The minimum atomic E-state index is 0.0143. The molecule has 2 rings (SSSR count). The molecule has 0 aliphatic heterocycles. The number of carbonyl (C=O) groups excluding carboxylic acids is 1. The van der Waals surface area contributed by atoms with Crippen molar-refractivity contribution < 1.29 is 4.79 Å². The van der Waals surface area contributed by atoms with E-state index in [2.05, 4.69) is 30.9 Å². The van der Waals surface area contributed by atoms with Crippen LogP contribution in [0, 0.1) is 0 Å². The zero-order valence-electron chi connectivity index (χ0n) is 12.8. The van der Waals surface area contributed by atoms with Crippen LogP contribution in [0.25, 0.3) is 4.96 Å². The van der Waals surface area contributed by atoms with E-state index in [0.29, 0.717) is 6.54 Å². The molecule has 0 spiro atoms. The van der Waals surface area contributed by atoms with Crippen molar-refractivity contribution in [3.05, 3.63) is 11.9 Å². The van der Waals surface area contributed by atoms with Crippen molar-refractivity contribution in [1.29, 1.82) is 0 Å². The molecule has 110 valence electrons. The maximum absolute atomic E-state index is 11.7. The number of nitrogens with zero attached hydrogens (tertiary/aromatic N) is 5. The third-order valence-corrected chi connectivity index (χ3v) is 4.04. The van der Waals surface area contributed by atoms with E-state index >= 15 is 0 Å². The topological polar surface area (TPSA) is 53.7 Å². The molecular formula is C13H21N5OS. The summed E-state index contributed by atoms with van der Waals surface area (Å²) in [6.45, 7) is 6.70. The lowest BCUT2D eigenvalue weighted by Crippen LogP contribution is -2.34. The van der Waals surface area contributed by atoms with Crippen molar-refractivity contribution in [3.63, 3.8) is 0 Å². The summed E-state index contributed by atoms with van der Waals surface area (Å²) in [4.78, 5) is 20.6. The van der Waals surface area contributed by atoms with E-state index in [0.717, 1.165) is 15.8 Å². The highest BCUT2D eigenvalue weighted by Gasteiger charge is 2.20. The molecule has 0 saturated carbocycles. The van der Waals surface area contributed by atoms with Crippen molar-refractivity contribution in [3.8, 4) is 0 Å². The second-order valence-corrected chi connectivity index (χ2v) is 7.07. The second-order valence-electron chi connectivity index (χ2n) is 6.13. The summed E-state index contributed by atoms with van der Waals surface area (Å²) >= 11 is 1.49. The molecule has 0 atom stereocenters. The molecule has 6 nitrogen and oxygen atoms in total. The van der Waals surface area contributed by atoms with Crippen molar-refractivity contribution >= 4 is 27.3 Å². The molecule has 0 aromatic carbocycles. The Hall–Kier alpha value is -1.63. The van der Waals surface area contributed by atoms with Crippen LogP contribution in [0.15, 0.2) is 6.20 Å². The van der Waals surface area contributed by atoms with Crippen LogP contribution in [-0.2, 0) is 10.2 Å². The number of amides is 1. The van der Waals surface area contributed by atoms with Gasteiger partial charge >= 0.3 is 0 Å².